The summed E-state index contributed by atoms with van der Waals surface area (Å²) >= 11 is 0. The van der Waals surface area contributed by atoms with E-state index < -0.39 is 0 Å². The van der Waals surface area contributed by atoms with E-state index in [9.17, 15) is 9.18 Å². The second kappa shape index (κ2) is 8.00. The lowest BCUT2D eigenvalue weighted by Crippen LogP contribution is -2.23. The van der Waals surface area contributed by atoms with Gasteiger partial charge in [0.1, 0.15) is 5.82 Å². The number of nitrogens with zero attached hydrogens (tertiary/aromatic N) is 4. The summed E-state index contributed by atoms with van der Waals surface area (Å²) in [5.74, 6) is 0.00889. The second-order valence-electron chi connectivity index (χ2n) is 5.01. The van der Waals surface area contributed by atoms with Crippen LogP contribution in [-0.4, -0.2) is 42.1 Å². The zero-order valence-corrected chi connectivity index (χ0v) is 13.7. The van der Waals surface area contributed by atoms with Gasteiger partial charge >= 0.3 is 6.01 Å². The summed E-state index contributed by atoms with van der Waals surface area (Å²) in [7, 11) is 5.02. The van der Waals surface area contributed by atoms with Crippen LogP contribution in [0.4, 0.5) is 10.3 Å². The number of benzene rings is 1. The molecule has 1 heterocycles. The summed E-state index contributed by atoms with van der Waals surface area (Å²) in [6.07, 6.45) is 2.66. The van der Waals surface area contributed by atoms with Gasteiger partial charge in [0.25, 0.3) is 0 Å². The third kappa shape index (κ3) is 4.73. The smallest absolute Gasteiger partial charge is 0.321 e. The summed E-state index contributed by atoms with van der Waals surface area (Å²) < 4.78 is 18.5. The lowest BCUT2D eigenvalue weighted by Gasteiger charge is -2.12. The van der Waals surface area contributed by atoms with Crippen molar-refractivity contribution in [3.05, 3.63) is 47.5 Å². The number of hydrogen-bond acceptors (Lipinski definition) is 6. The number of aromatic nitrogens is 3. The van der Waals surface area contributed by atoms with Gasteiger partial charge in [0.05, 0.1) is 13.7 Å². The summed E-state index contributed by atoms with van der Waals surface area (Å²) in [6.45, 7) is 0.0974. The Balaban J connectivity index is 2.01. The van der Waals surface area contributed by atoms with E-state index in [1.54, 1.807) is 37.2 Å². The first-order valence-corrected chi connectivity index (χ1v) is 7.16. The summed E-state index contributed by atoms with van der Waals surface area (Å²) in [4.78, 5) is 25.9. The van der Waals surface area contributed by atoms with Crippen LogP contribution in [0.2, 0.25) is 0 Å². The fourth-order valence-corrected chi connectivity index (χ4v) is 1.76. The number of hydrogen-bond donors (Lipinski definition) is 1. The van der Waals surface area contributed by atoms with E-state index in [1.807, 2.05) is 0 Å². The van der Waals surface area contributed by atoms with Gasteiger partial charge in [0.15, 0.2) is 5.82 Å². The third-order valence-corrected chi connectivity index (χ3v) is 2.97. The summed E-state index contributed by atoms with van der Waals surface area (Å²) in [5, 5.41) is 2.63. The minimum absolute atomic E-state index is 0.0974. The normalized spacial score (nSPS) is 10.7. The van der Waals surface area contributed by atoms with Crippen molar-refractivity contribution < 1.29 is 13.9 Å². The largest absolute Gasteiger partial charge is 0.467 e. The highest BCUT2D eigenvalue weighted by molar-refractivity contribution is 5.91. The molecule has 0 saturated carbocycles. The van der Waals surface area contributed by atoms with Crippen LogP contribution in [0.5, 0.6) is 6.01 Å². The fourth-order valence-electron chi connectivity index (χ4n) is 1.76. The van der Waals surface area contributed by atoms with Crippen molar-refractivity contribution in [2.24, 2.45) is 0 Å². The molecule has 0 atom stereocenters. The average Bonchev–Trinajstić information content (AvgIpc) is 2.58. The van der Waals surface area contributed by atoms with Gasteiger partial charge in [0.2, 0.25) is 11.9 Å². The molecule has 2 rings (SSSR count). The van der Waals surface area contributed by atoms with E-state index >= 15 is 0 Å². The number of nitrogens with one attached hydrogen (secondary N) is 1. The van der Waals surface area contributed by atoms with E-state index in [-0.39, 0.29) is 24.3 Å². The van der Waals surface area contributed by atoms with Crippen LogP contribution < -0.4 is 15.0 Å². The SMILES string of the molecule is COc1nc(CNC(=O)C=Cc2ccccc2F)nc(N(C)C)n1. The Hall–Kier alpha value is -3.03. The maximum atomic E-state index is 13.5. The van der Waals surface area contributed by atoms with Crippen LogP contribution in [0.15, 0.2) is 30.3 Å². The Bertz CT molecular complexity index is 749. The number of amides is 1. The second-order valence-corrected chi connectivity index (χ2v) is 5.01. The van der Waals surface area contributed by atoms with Gasteiger partial charge in [-0.3, -0.25) is 4.79 Å². The molecule has 0 aliphatic rings. The molecule has 1 amide bonds. The van der Waals surface area contributed by atoms with Crippen molar-refractivity contribution in [2.75, 3.05) is 26.1 Å². The molecule has 0 spiro atoms. The van der Waals surface area contributed by atoms with Crippen LogP contribution in [0.1, 0.15) is 11.4 Å². The Labute approximate surface area is 139 Å². The molecule has 1 aromatic heterocycles. The van der Waals surface area contributed by atoms with E-state index in [0.29, 0.717) is 17.3 Å². The first-order chi connectivity index (χ1) is 11.5. The van der Waals surface area contributed by atoms with E-state index in [0.717, 1.165) is 0 Å². The zero-order valence-electron chi connectivity index (χ0n) is 13.7. The van der Waals surface area contributed by atoms with Gasteiger partial charge in [0, 0.05) is 25.7 Å². The molecule has 0 unspecified atom stereocenters. The monoisotopic (exact) mass is 331 g/mol. The van der Waals surface area contributed by atoms with Gasteiger partial charge in [-0.25, -0.2) is 4.39 Å². The molecule has 126 valence electrons. The number of rotatable bonds is 6. The molecule has 1 N–H and O–H groups in total. The van der Waals surface area contributed by atoms with Crippen molar-refractivity contribution in [3.8, 4) is 6.01 Å². The molecule has 1 aromatic carbocycles. The first-order valence-electron chi connectivity index (χ1n) is 7.16. The van der Waals surface area contributed by atoms with Crippen LogP contribution in [0.3, 0.4) is 0 Å². The van der Waals surface area contributed by atoms with Crippen molar-refractivity contribution in [1.29, 1.82) is 0 Å². The quantitative estimate of drug-likeness (QED) is 0.806. The molecule has 8 heteroatoms. The first kappa shape index (κ1) is 17.3. The van der Waals surface area contributed by atoms with E-state index in [1.165, 1.54) is 25.3 Å². The van der Waals surface area contributed by atoms with Gasteiger partial charge in [-0.15, -0.1) is 0 Å². The van der Waals surface area contributed by atoms with Crippen molar-refractivity contribution >= 4 is 17.9 Å². The number of halogens is 1. The molecule has 0 aliphatic heterocycles. The number of carbonyl (C=O) groups excluding carboxylic acids is 1. The van der Waals surface area contributed by atoms with Gasteiger partial charge in [-0.05, 0) is 12.1 Å². The summed E-state index contributed by atoms with van der Waals surface area (Å²) in [6, 6.07) is 6.36. The molecule has 0 radical (unpaired) electrons. The molecular weight excluding hydrogens is 313 g/mol. The fraction of sp³-hybridized carbons (Fsp3) is 0.250. The maximum absolute atomic E-state index is 13.5. The van der Waals surface area contributed by atoms with Crippen molar-refractivity contribution in [1.82, 2.24) is 20.3 Å². The van der Waals surface area contributed by atoms with Crippen LogP contribution in [-0.2, 0) is 11.3 Å². The molecule has 0 bridgehead atoms. The molecule has 7 nitrogen and oxygen atoms in total. The van der Waals surface area contributed by atoms with Crippen LogP contribution in [0.25, 0.3) is 6.08 Å². The highest BCUT2D eigenvalue weighted by atomic mass is 19.1. The number of anilines is 1. The average molecular weight is 331 g/mol. The predicted molar refractivity (Wildman–Crippen MR) is 88.0 cm³/mol. The number of ether oxygens (including phenoxy) is 1. The lowest BCUT2D eigenvalue weighted by molar-refractivity contribution is -0.116. The molecular formula is C16H18FN5O2. The molecule has 0 aliphatic carbocycles. The highest BCUT2D eigenvalue weighted by Gasteiger charge is 2.09. The van der Waals surface area contributed by atoms with E-state index in [4.69, 9.17) is 4.74 Å². The van der Waals surface area contributed by atoms with Crippen LogP contribution in [0, 0.1) is 5.82 Å². The molecule has 24 heavy (non-hydrogen) atoms. The number of carbonyl (C=O) groups is 1. The highest BCUT2D eigenvalue weighted by Crippen LogP contribution is 2.10. The molecule has 0 fully saturated rings. The lowest BCUT2D eigenvalue weighted by atomic mass is 10.2. The predicted octanol–water partition coefficient (Wildman–Crippen LogP) is 1.41. The minimum atomic E-state index is -0.389. The Morgan fingerprint density at radius 3 is 2.71 bits per heavy atom. The van der Waals surface area contributed by atoms with Crippen molar-refractivity contribution in [2.45, 2.75) is 6.54 Å². The minimum Gasteiger partial charge on any atom is -0.467 e. The summed E-state index contributed by atoms with van der Waals surface area (Å²) in [5.41, 5.74) is 0.337. The maximum Gasteiger partial charge on any atom is 0.321 e. The Morgan fingerprint density at radius 2 is 2.04 bits per heavy atom. The third-order valence-electron chi connectivity index (χ3n) is 2.97. The van der Waals surface area contributed by atoms with Crippen LogP contribution >= 0.6 is 0 Å². The van der Waals surface area contributed by atoms with Gasteiger partial charge < -0.3 is 15.0 Å². The van der Waals surface area contributed by atoms with Gasteiger partial charge in [-0.1, -0.05) is 18.2 Å². The van der Waals surface area contributed by atoms with Gasteiger partial charge in [-0.2, -0.15) is 15.0 Å². The topological polar surface area (TPSA) is 80.2 Å². The van der Waals surface area contributed by atoms with E-state index in [2.05, 4.69) is 20.3 Å². The number of methoxy groups -OCH3 is 1. The standard InChI is InChI=1S/C16H18FN5O2/c1-22(2)15-19-13(20-16(21-15)24-3)10-18-14(23)9-8-11-6-4-5-7-12(11)17/h4-9H,10H2,1-3H3,(H,18,23). The Kier molecular flexibility index (Phi) is 5.78. The molecule has 2 aromatic rings. The van der Waals surface area contributed by atoms with Crippen molar-refractivity contribution in [3.63, 3.8) is 0 Å². The Morgan fingerprint density at radius 1 is 1.29 bits per heavy atom. The zero-order chi connectivity index (χ0) is 17.5. The molecule has 0 saturated heterocycles.